The minimum Gasteiger partial charge on any atom is -0.457 e. The fourth-order valence-corrected chi connectivity index (χ4v) is 1.72. The van der Waals surface area contributed by atoms with E-state index in [-0.39, 0.29) is 6.61 Å². The number of ether oxygens (including phenoxy) is 1. The lowest BCUT2D eigenvalue weighted by atomic mass is 10.1. The van der Waals surface area contributed by atoms with E-state index in [2.05, 4.69) is 11.7 Å². The zero-order valence-corrected chi connectivity index (χ0v) is 12.0. The van der Waals surface area contributed by atoms with Crippen LogP contribution in [0.25, 0.3) is 5.53 Å². The molecule has 0 atom stereocenters. The molecule has 0 bridgehead atoms. The maximum absolute atomic E-state index is 11.3. The molecule has 0 spiro atoms. The van der Waals surface area contributed by atoms with Gasteiger partial charge in [0.05, 0.1) is 6.61 Å². The van der Waals surface area contributed by atoms with Gasteiger partial charge < -0.3 is 10.3 Å². The van der Waals surface area contributed by atoms with Crippen LogP contribution in [0.4, 0.5) is 0 Å². The zero-order valence-electron chi connectivity index (χ0n) is 12.0. The van der Waals surface area contributed by atoms with Crippen LogP contribution in [0.3, 0.4) is 0 Å². The highest BCUT2D eigenvalue weighted by molar-refractivity contribution is 6.61. The highest BCUT2D eigenvalue weighted by Gasteiger charge is 2.27. The molecule has 0 aliphatic carbocycles. The van der Waals surface area contributed by atoms with Crippen molar-refractivity contribution < 1.29 is 19.1 Å². The molecule has 108 valence electrons. The summed E-state index contributed by atoms with van der Waals surface area (Å²) in [7, 11) is 0. The average molecular weight is 268 g/mol. The smallest absolute Gasteiger partial charge is 0.441 e. The molecule has 0 aliphatic rings. The average Bonchev–Trinajstić information content (AvgIpc) is 2.37. The first-order chi connectivity index (χ1) is 9.13. The minimum atomic E-state index is -0.849. The molecule has 0 saturated heterocycles. The second-order valence-corrected chi connectivity index (χ2v) is 4.62. The van der Waals surface area contributed by atoms with Crippen LogP contribution in [-0.2, 0) is 14.3 Å². The highest BCUT2D eigenvalue weighted by atomic mass is 16.5. The molecule has 0 rings (SSSR count). The fraction of sp³-hybridized carbons (Fsp3) is 0.786. The molecule has 0 fully saturated rings. The van der Waals surface area contributed by atoms with E-state index in [1.807, 2.05) is 0 Å². The number of rotatable bonds is 11. The van der Waals surface area contributed by atoms with Gasteiger partial charge in [-0.15, -0.1) is 0 Å². The first kappa shape index (κ1) is 17.5. The lowest BCUT2D eigenvalue weighted by molar-refractivity contribution is -0.142. The third kappa shape index (κ3) is 9.14. The summed E-state index contributed by atoms with van der Waals surface area (Å²) in [6.45, 7) is 3.62. The van der Waals surface area contributed by atoms with Crippen molar-refractivity contribution in [2.45, 2.75) is 65.2 Å². The van der Waals surface area contributed by atoms with Gasteiger partial charge in [0.2, 0.25) is 5.78 Å². The summed E-state index contributed by atoms with van der Waals surface area (Å²) in [4.78, 5) is 24.8. The SMILES string of the molecule is CCCCCCCCCCOC(=O)C(=[N+]=[N-])C(C)=O. The Balaban J connectivity index is 3.52. The normalized spacial score (nSPS) is 9.79. The Kier molecular flexibility index (Phi) is 10.7. The van der Waals surface area contributed by atoms with Crippen molar-refractivity contribution >= 4 is 17.5 Å². The third-order valence-electron chi connectivity index (χ3n) is 2.86. The van der Waals surface area contributed by atoms with Crippen LogP contribution in [0, 0.1) is 0 Å². The number of esters is 1. The fourth-order valence-electron chi connectivity index (χ4n) is 1.72. The van der Waals surface area contributed by atoms with Crippen molar-refractivity contribution in [2.24, 2.45) is 0 Å². The second kappa shape index (κ2) is 11.6. The van der Waals surface area contributed by atoms with Crippen LogP contribution in [0.15, 0.2) is 0 Å². The van der Waals surface area contributed by atoms with Crippen LogP contribution in [0.1, 0.15) is 65.2 Å². The maximum atomic E-state index is 11.3. The highest BCUT2D eigenvalue weighted by Crippen LogP contribution is 2.08. The predicted molar refractivity (Wildman–Crippen MR) is 72.9 cm³/mol. The number of hydrogen-bond donors (Lipinski definition) is 0. The summed E-state index contributed by atoms with van der Waals surface area (Å²) in [6.07, 6.45) is 9.23. The zero-order chi connectivity index (χ0) is 14.5. The van der Waals surface area contributed by atoms with Crippen LogP contribution in [0.5, 0.6) is 0 Å². The topological polar surface area (TPSA) is 79.8 Å². The van der Waals surface area contributed by atoms with E-state index in [4.69, 9.17) is 10.3 Å². The predicted octanol–water partition coefficient (Wildman–Crippen LogP) is 2.93. The minimum absolute atomic E-state index is 0.264. The molecule has 0 aliphatic heterocycles. The molecule has 0 N–H and O–H groups in total. The summed E-state index contributed by atoms with van der Waals surface area (Å²) < 4.78 is 4.85. The van der Waals surface area contributed by atoms with E-state index < -0.39 is 17.5 Å². The number of unbranched alkanes of at least 4 members (excludes halogenated alkanes) is 7. The van der Waals surface area contributed by atoms with Crippen molar-refractivity contribution in [1.29, 1.82) is 0 Å². The number of ketones is 1. The molecule has 5 heteroatoms. The largest absolute Gasteiger partial charge is 0.457 e. The molecule has 19 heavy (non-hydrogen) atoms. The van der Waals surface area contributed by atoms with Crippen LogP contribution in [0.2, 0.25) is 0 Å². The summed E-state index contributed by atoms with van der Waals surface area (Å²) in [5, 5.41) is 0. The molecule has 0 heterocycles. The second-order valence-electron chi connectivity index (χ2n) is 4.62. The molecule has 0 aromatic rings. The first-order valence-electron chi connectivity index (χ1n) is 7.03. The van der Waals surface area contributed by atoms with E-state index in [0.29, 0.717) is 0 Å². The number of hydrogen-bond acceptors (Lipinski definition) is 3. The quantitative estimate of drug-likeness (QED) is 0.144. The van der Waals surface area contributed by atoms with Gasteiger partial charge >= 0.3 is 11.7 Å². The molecule has 0 aromatic heterocycles. The Morgan fingerprint density at radius 3 is 2.00 bits per heavy atom. The standard InChI is InChI=1S/C14H24N2O3/c1-3-4-5-6-7-8-9-10-11-19-14(18)13(16-15)12(2)17/h3-11H2,1-2H3. The maximum Gasteiger partial charge on any atom is 0.441 e. The number of carbonyl (C=O) groups excluding carboxylic acids is 2. The Bertz CT molecular complexity index is 334. The van der Waals surface area contributed by atoms with Gasteiger partial charge in [0, 0.05) is 6.92 Å². The summed E-state index contributed by atoms with van der Waals surface area (Å²) in [5.74, 6) is -1.44. The molecule has 0 unspecified atom stereocenters. The molecule has 5 nitrogen and oxygen atoms in total. The molecular weight excluding hydrogens is 244 g/mol. The molecular formula is C14H24N2O3. The van der Waals surface area contributed by atoms with E-state index in [1.165, 1.54) is 32.1 Å². The summed E-state index contributed by atoms with van der Waals surface area (Å²) >= 11 is 0. The Hall–Kier alpha value is -1.48. The van der Waals surface area contributed by atoms with Gasteiger partial charge in [-0.2, -0.15) is 4.79 Å². The van der Waals surface area contributed by atoms with Crippen molar-refractivity contribution in [3.8, 4) is 0 Å². The van der Waals surface area contributed by atoms with Gasteiger partial charge in [0.1, 0.15) is 0 Å². The van der Waals surface area contributed by atoms with Crippen molar-refractivity contribution in [2.75, 3.05) is 6.61 Å². The van der Waals surface area contributed by atoms with Crippen LogP contribution in [-0.4, -0.2) is 28.9 Å². The Morgan fingerprint density at radius 1 is 1.00 bits per heavy atom. The van der Waals surface area contributed by atoms with Gasteiger partial charge in [-0.05, 0) is 6.42 Å². The van der Waals surface area contributed by atoms with E-state index in [1.54, 1.807) is 0 Å². The summed E-state index contributed by atoms with van der Waals surface area (Å²) in [6, 6.07) is 0. The number of nitrogens with zero attached hydrogens (tertiary/aromatic N) is 2. The third-order valence-corrected chi connectivity index (χ3v) is 2.86. The summed E-state index contributed by atoms with van der Waals surface area (Å²) in [5.41, 5.74) is 7.93. The van der Waals surface area contributed by atoms with Crippen molar-refractivity contribution in [3.63, 3.8) is 0 Å². The Labute approximate surface area is 115 Å². The molecule has 0 radical (unpaired) electrons. The van der Waals surface area contributed by atoms with E-state index in [9.17, 15) is 9.59 Å². The lowest BCUT2D eigenvalue weighted by Crippen LogP contribution is -2.25. The van der Waals surface area contributed by atoms with E-state index >= 15 is 0 Å². The molecule has 0 saturated carbocycles. The number of carbonyl (C=O) groups is 2. The first-order valence-corrected chi connectivity index (χ1v) is 7.03. The van der Waals surface area contributed by atoms with Gasteiger partial charge in [0.15, 0.2) is 0 Å². The van der Waals surface area contributed by atoms with E-state index in [0.717, 1.165) is 26.2 Å². The van der Waals surface area contributed by atoms with Gasteiger partial charge in [-0.3, -0.25) is 4.79 Å². The monoisotopic (exact) mass is 268 g/mol. The Morgan fingerprint density at radius 2 is 1.53 bits per heavy atom. The number of Topliss-reactive ketones (excluding diaryl/α,β-unsaturated/α-hetero) is 1. The van der Waals surface area contributed by atoms with Crippen LogP contribution >= 0.6 is 0 Å². The van der Waals surface area contributed by atoms with Gasteiger partial charge in [-0.1, -0.05) is 51.9 Å². The van der Waals surface area contributed by atoms with Crippen molar-refractivity contribution in [1.82, 2.24) is 0 Å². The molecule has 0 amide bonds. The van der Waals surface area contributed by atoms with Crippen molar-refractivity contribution in [3.05, 3.63) is 5.53 Å². The van der Waals surface area contributed by atoms with Gasteiger partial charge in [-0.25, -0.2) is 4.79 Å². The molecule has 0 aromatic carbocycles. The van der Waals surface area contributed by atoms with Gasteiger partial charge in [0.25, 0.3) is 0 Å². The lowest BCUT2D eigenvalue weighted by Gasteiger charge is -2.02. The van der Waals surface area contributed by atoms with Crippen LogP contribution < -0.4 is 0 Å².